The van der Waals surface area contributed by atoms with Gasteiger partial charge in [0, 0.05) is 17.1 Å². The Morgan fingerprint density at radius 1 is 0.696 bits per heavy atom. The Hall–Kier alpha value is -2.58. The topological polar surface area (TPSA) is 64.1 Å². The van der Waals surface area contributed by atoms with E-state index in [9.17, 15) is 26.3 Å². The third-order valence-electron chi connectivity index (χ3n) is 2.95. The molecule has 0 unspecified atom stereocenters. The summed E-state index contributed by atoms with van der Waals surface area (Å²) in [5.74, 6) is 0. The lowest BCUT2D eigenvalue weighted by Crippen LogP contribution is -2.16. The van der Waals surface area contributed by atoms with E-state index in [2.05, 4.69) is 5.32 Å². The first-order chi connectivity index (χ1) is 10.5. The van der Waals surface area contributed by atoms with Crippen molar-refractivity contribution >= 4 is 22.7 Å². The maximum atomic E-state index is 13.1. The fourth-order valence-electron chi connectivity index (χ4n) is 1.96. The van der Waals surface area contributed by atoms with Gasteiger partial charge in [0.1, 0.15) is 0 Å². The summed E-state index contributed by atoms with van der Waals surface area (Å²) >= 11 is 0. The molecule has 0 saturated carbocycles. The molecule has 0 aliphatic heterocycles. The number of anilines is 4. The first-order valence-electron chi connectivity index (χ1n) is 6.19. The zero-order chi connectivity index (χ0) is 17.4. The van der Waals surface area contributed by atoms with Crippen LogP contribution in [0, 0.1) is 0 Å². The molecule has 2 aromatic carbocycles. The van der Waals surface area contributed by atoms with E-state index in [4.69, 9.17) is 11.5 Å². The summed E-state index contributed by atoms with van der Waals surface area (Å²) in [6, 6.07) is 6.14. The van der Waals surface area contributed by atoms with Crippen molar-refractivity contribution in [3.05, 3.63) is 47.5 Å². The Morgan fingerprint density at radius 2 is 1.13 bits per heavy atom. The number of benzene rings is 2. The molecule has 5 N–H and O–H groups in total. The predicted octanol–water partition coefficient (Wildman–Crippen LogP) is 4.63. The zero-order valence-corrected chi connectivity index (χ0v) is 11.4. The molecule has 124 valence electrons. The second-order valence-electron chi connectivity index (χ2n) is 4.73. The highest BCUT2D eigenvalue weighted by atomic mass is 19.4. The van der Waals surface area contributed by atoms with E-state index in [1.54, 1.807) is 0 Å². The molecule has 9 heteroatoms. The highest BCUT2D eigenvalue weighted by Crippen LogP contribution is 2.45. The molecular weight excluding hydrogens is 324 g/mol. The number of halogens is 6. The normalized spacial score (nSPS) is 12.3. The van der Waals surface area contributed by atoms with Crippen molar-refractivity contribution in [1.29, 1.82) is 0 Å². The number of rotatable bonds is 2. The zero-order valence-electron chi connectivity index (χ0n) is 11.4. The summed E-state index contributed by atoms with van der Waals surface area (Å²) in [6.45, 7) is 0. The van der Waals surface area contributed by atoms with E-state index >= 15 is 0 Å². The van der Waals surface area contributed by atoms with Crippen LogP contribution in [-0.2, 0) is 12.4 Å². The molecule has 0 aliphatic rings. The molecule has 0 spiro atoms. The summed E-state index contributed by atoms with van der Waals surface area (Å²) in [6.07, 6.45) is -10.0. The fourth-order valence-corrected chi connectivity index (χ4v) is 1.96. The van der Waals surface area contributed by atoms with Crippen LogP contribution in [0.2, 0.25) is 0 Å². The average Bonchev–Trinajstić information content (AvgIpc) is 2.40. The van der Waals surface area contributed by atoms with Crippen LogP contribution in [0.5, 0.6) is 0 Å². The van der Waals surface area contributed by atoms with Crippen LogP contribution in [0.1, 0.15) is 11.1 Å². The number of nitrogen functional groups attached to an aromatic ring is 2. The Balaban J connectivity index is 2.64. The maximum absolute atomic E-state index is 13.1. The van der Waals surface area contributed by atoms with E-state index in [0.717, 1.165) is 0 Å². The molecule has 0 fully saturated rings. The van der Waals surface area contributed by atoms with Gasteiger partial charge < -0.3 is 16.8 Å². The second kappa shape index (κ2) is 5.56. The second-order valence-corrected chi connectivity index (χ2v) is 4.73. The molecule has 0 heterocycles. The Bertz CT molecular complexity index is 669. The summed E-state index contributed by atoms with van der Waals surface area (Å²) in [7, 11) is 0. The standard InChI is InChI=1S/C14H11F6N3/c15-13(16,17)10-5-8(22)6-11(14(18,19)20)12(10)23-9-3-1-7(21)2-4-9/h1-6,23H,21-22H2. The van der Waals surface area contributed by atoms with Gasteiger partial charge in [-0.2, -0.15) is 26.3 Å². The van der Waals surface area contributed by atoms with Crippen molar-refractivity contribution in [1.82, 2.24) is 0 Å². The highest BCUT2D eigenvalue weighted by Gasteiger charge is 2.41. The van der Waals surface area contributed by atoms with Crippen LogP contribution in [0.4, 0.5) is 49.1 Å². The molecule has 0 radical (unpaired) electrons. The molecule has 3 nitrogen and oxygen atoms in total. The third kappa shape index (κ3) is 3.79. The van der Waals surface area contributed by atoms with Crippen LogP contribution in [0.15, 0.2) is 36.4 Å². The number of nitrogens with two attached hydrogens (primary N) is 2. The highest BCUT2D eigenvalue weighted by molar-refractivity contribution is 5.72. The molecule has 0 atom stereocenters. The summed E-state index contributed by atoms with van der Waals surface area (Å²) < 4.78 is 78.5. The lowest BCUT2D eigenvalue weighted by molar-refractivity contribution is -0.141. The van der Waals surface area contributed by atoms with Crippen LogP contribution < -0.4 is 16.8 Å². The van der Waals surface area contributed by atoms with Crippen LogP contribution in [-0.4, -0.2) is 0 Å². The minimum Gasteiger partial charge on any atom is -0.399 e. The first kappa shape index (κ1) is 16.8. The lowest BCUT2D eigenvalue weighted by Gasteiger charge is -2.21. The lowest BCUT2D eigenvalue weighted by atomic mass is 10.0. The van der Waals surface area contributed by atoms with Crippen molar-refractivity contribution in [2.45, 2.75) is 12.4 Å². The van der Waals surface area contributed by atoms with Gasteiger partial charge in [0.25, 0.3) is 0 Å². The van der Waals surface area contributed by atoms with E-state index in [-0.39, 0.29) is 5.69 Å². The van der Waals surface area contributed by atoms with Gasteiger partial charge in [0.05, 0.1) is 16.8 Å². The van der Waals surface area contributed by atoms with Gasteiger partial charge in [-0.25, -0.2) is 0 Å². The average molecular weight is 335 g/mol. The van der Waals surface area contributed by atoms with Gasteiger partial charge in [0.2, 0.25) is 0 Å². The van der Waals surface area contributed by atoms with E-state index < -0.39 is 34.9 Å². The molecule has 0 saturated heterocycles. The maximum Gasteiger partial charge on any atom is 0.418 e. The number of nitrogens with one attached hydrogen (secondary N) is 1. The smallest absolute Gasteiger partial charge is 0.399 e. The fraction of sp³-hybridized carbons (Fsp3) is 0.143. The van der Waals surface area contributed by atoms with Crippen LogP contribution >= 0.6 is 0 Å². The van der Waals surface area contributed by atoms with Crippen LogP contribution in [0.3, 0.4) is 0 Å². The van der Waals surface area contributed by atoms with Gasteiger partial charge >= 0.3 is 12.4 Å². The molecule has 0 bridgehead atoms. The van der Waals surface area contributed by atoms with Crippen molar-refractivity contribution in [2.24, 2.45) is 0 Å². The Labute approximate surface area is 126 Å². The molecule has 23 heavy (non-hydrogen) atoms. The molecule has 2 rings (SSSR count). The molecule has 0 aliphatic carbocycles. The minimum atomic E-state index is -5.01. The van der Waals surface area contributed by atoms with Crippen LogP contribution in [0.25, 0.3) is 0 Å². The van der Waals surface area contributed by atoms with E-state index in [1.165, 1.54) is 24.3 Å². The summed E-state index contributed by atoms with van der Waals surface area (Å²) in [4.78, 5) is 0. The molecule has 0 amide bonds. The summed E-state index contributed by atoms with van der Waals surface area (Å²) in [5, 5.41) is 2.16. The SMILES string of the molecule is Nc1ccc(Nc2c(C(F)(F)F)cc(N)cc2C(F)(F)F)cc1. The third-order valence-corrected chi connectivity index (χ3v) is 2.95. The Kier molecular flexibility index (Phi) is 4.06. The van der Waals surface area contributed by atoms with Crippen molar-refractivity contribution in [3.63, 3.8) is 0 Å². The molecular formula is C14H11F6N3. The number of alkyl halides is 6. The van der Waals surface area contributed by atoms with E-state index in [1.807, 2.05) is 0 Å². The van der Waals surface area contributed by atoms with Gasteiger partial charge in [-0.15, -0.1) is 0 Å². The van der Waals surface area contributed by atoms with Crippen molar-refractivity contribution in [2.75, 3.05) is 16.8 Å². The van der Waals surface area contributed by atoms with Gasteiger partial charge in [-0.3, -0.25) is 0 Å². The van der Waals surface area contributed by atoms with Crippen molar-refractivity contribution in [3.8, 4) is 0 Å². The van der Waals surface area contributed by atoms with E-state index in [0.29, 0.717) is 17.8 Å². The number of hydrogen-bond acceptors (Lipinski definition) is 3. The minimum absolute atomic E-state index is 0.0278. The first-order valence-corrected chi connectivity index (χ1v) is 6.19. The van der Waals surface area contributed by atoms with Gasteiger partial charge in [0.15, 0.2) is 0 Å². The monoisotopic (exact) mass is 335 g/mol. The quantitative estimate of drug-likeness (QED) is 0.554. The predicted molar refractivity (Wildman–Crippen MR) is 75.0 cm³/mol. The molecule has 0 aromatic heterocycles. The van der Waals surface area contributed by atoms with Gasteiger partial charge in [-0.1, -0.05) is 0 Å². The van der Waals surface area contributed by atoms with Gasteiger partial charge in [-0.05, 0) is 36.4 Å². The summed E-state index contributed by atoms with van der Waals surface area (Å²) in [5.41, 5.74) is 6.24. The Morgan fingerprint density at radius 3 is 1.52 bits per heavy atom. The largest absolute Gasteiger partial charge is 0.418 e. The van der Waals surface area contributed by atoms with Crippen molar-refractivity contribution < 1.29 is 26.3 Å². The molecule has 2 aromatic rings. The number of hydrogen-bond donors (Lipinski definition) is 3.